The molecule has 4 aromatic rings. The second-order valence-electron chi connectivity index (χ2n) is 10.3. The number of rotatable bonds is 6. The third kappa shape index (κ3) is 4.81. The molecule has 0 radical (unpaired) electrons. The fraction of sp³-hybridized carbons (Fsp3) is 0.357. The van der Waals surface area contributed by atoms with Crippen LogP contribution in [0.3, 0.4) is 0 Å². The van der Waals surface area contributed by atoms with Gasteiger partial charge in [0.25, 0.3) is 0 Å². The van der Waals surface area contributed by atoms with Crippen molar-refractivity contribution in [3.8, 4) is 16.9 Å². The summed E-state index contributed by atoms with van der Waals surface area (Å²) in [5.41, 5.74) is 9.72. The van der Waals surface area contributed by atoms with Crippen LogP contribution in [0.2, 0.25) is 0 Å². The molecule has 1 fully saturated rings. The number of nitrogens with two attached hydrogens (primary N) is 1. The van der Waals surface area contributed by atoms with Crippen molar-refractivity contribution in [1.82, 2.24) is 19.2 Å². The van der Waals surface area contributed by atoms with E-state index in [1.807, 2.05) is 67.0 Å². The third-order valence-electron chi connectivity index (χ3n) is 7.17. The number of aromatic nitrogens is 4. The summed E-state index contributed by atoms with van der Waals surface area (Å²) in [6.45, 7) is 6.00. The first-order valence-electron chi connectivity index (χ1n) is 12.7. The molecule has 0 unspecified atom stereocenters. The first-order chi connectivity index (χ1) is 17.7. The van der Waals surface area contributed by atoms with Crippen molar-refractivity contribution < 1.29 is 14.7 Å². The van der Waals surface area contributed by atoms with Gasteiger partial charge in [0.2, 0.25) is 5.91 Å². The number of fused-ring (bicyclic) bond motifs is 1. The molecule has 1 aromatic carbocycles. The minimum Gasteiger partial charge on any atom is -0.477 e. The zero-order valence-electron chi connectivity index (χ0n) is 21.3. The van der Waals surface area contributed by atoms with Gasteiger partial charge in [-0.25, -0.2) is 14.5 Å². The van der Waals surface area contributed by atoms with Gasteiger partial charge in [-0.05, 0) is 69.7 Å². The first-order valence-corrected chi connectivity index (χ1v) is 12.7. The zero-order chi connectivity index (χ0) is 26.3. The molecular weight excluding hydrogens is 468 g/mol. The minimum absolute atomic E-state index is 0.00763. The first kappa shape index (κ1) is 24.5. The van der Waals surface area contributed by atoms with Crippen LogP contribution >= 0.6 is 0 Å². The summed E-state index contributed by atoms with van der Waals surface area (Å²) in [4.78, 5) is 31.9. The SMILES string of the molecule is CC1CCC(C(=O)N(c2nn(-c3ccc(-c4cn5cc(N)ccc5n4)cc3)cc2C(=O)O)C(C)C)CC1. The van der Waals surface area contributed by atoms with E-state index in [2.05, 4.69) is 17.0 Å². The molecule has 1 amide bonds. The molecule has 0 spiro atoms. The Morgan fingerprint density at radius 2 is 1.73 bits per heavy atom. The Morgan fingerprint density at radius 3 is 2.38 bits per heavy atom. The van der Waals surface area contributed by atoms with E-state index in [-0.39, 0.29) is 29.2 Å². The van der Waals surface area contributed by atoms with Gasteiger partial charge in [0.15, 0.2) is 5.82 Å². The van der Waals surface area contributed by atoms with Gasteiger partial charge in [0.05, 0.1) is 11.4 Å². The van der Waals surface area contributed by atoms with E-state index in [9.17, 15) is 14.7 Å². The van der Waals surface area contributed by atoms with Crippen LogP contribution in [-0.4, -0.2) is 42.2 Å². The quantitative estimate of drug-likeness (QED) is 0.383. The molecule has 37 heavy (non-hydrogen) atoms. The standard InChI is InChI=1S/C28H32N6O3/c1-17(2)34(27(35)20-6-4-18(3)5-7-20)26-23(28(36)37)15-33(31-26)22-11-8-19(9-12-22)24-16-32-14-21(29)10-13-25(32)30-24/h8-18,20H,4-7,29H2,1-3H3,(H,36,37). The zero-order valence-corrected chi connectivity index (χ0v) is 21.3. The Kier molecular flexibility index (Phi) is 6.45. The number of amides is 1. The van der Waals surface area contributed by atoms with Crippen molar-refractivity contribution >= 4 is 29.0 Å². The molecule has 5 rings (SSSR count). The summed E-state index contributed by atoms with van der Waals surface area (Å²) in [7, 11) is 0. The molecule has 0 saturated heterocycles. The number of carboxylic acid groups (broad SMARTS) is 1. The number of carbonyl (C=O) groups excluding carboxylic acids is 1. The molecule has 0 aliphatic heterocycles. The maximum absolute atomic E-state index is 13.5. The molecule has 0 atom stereocenters. The second kappa shape index (κ2) is 9.72. The van der Waals surface area contributed by atoms with Gasteiger partial charge in [-0.3, -0.25) is 9.69 Å². The number of anilines is 2. The van der Waals surface area contributed by atoms with Crippen LogP contribution in [0.1, 0.15) is 56.8 Å². The van der Waals surface area contributed by atoms with Crippen LogP contribution in [0.5, 0.6) is 0 Å². The third-order valence-corrected chi connectivity index (χ3v) is 7.17. The molecule has 1 saturated carbocycles. The maximum Gasteiger partial charge on any atom is 0.341 e. The highest BCUT2D eigenvalue weighted by Gasteiger charge is 2.34. The maximum atomic E-state index is 13.5. The van der Waals surface area contributed by atoms with Gasteiger partial charge in [0, 0.05) is 41.8 Å². The van der Waals surface area contributed by atoms with E-state index in [1.165, 1.54) is 10.9 Å². The van der Waals surface area contributed by atoms with Crippen LogP contribution < -0.4 is 10.6 Å². The molecule has 1 aliphatic rings. The van der Waals surface area contributed by atoms with Crippen molar-refractivity contribution in [2.75, 3.05) is 10.6 Å². The molecule has 9 nitrogen and oxygen atoms in total. The van der Waals surface area contributed by atoms with Crippen molar-refractivity contribution in [3.05, 3.63) is 60.6 Å². The molecule has 192 valence electrons. The second-order valence-corrected chi connectivity index (χ2v) is 10.3. The molecule has 9 heteroatoms. The van der Waals surface area contributed by atoms with Crippen molar-refractivity contribution in [2.24, 2.45) is 11.8 Å². The fourth-order valence-electron chi connectivity index (χ4n) is 5.07. The number of carbonyl (C=O) groups is 2. The van der Waals surface area contributed by atoms with Crippen molar-refractivity contribution in [3.63, 3.8) is 0 Å². The summed E-state index contributed by atoms with van der Waals surface area (Å²) in [6, 6.07) is 11.0. The van der Waals surface area contributed by atoms with E-state index >= 15 is 0 Å². The number of benzene rings is 1. The number of nitrogens with zero attached hydrogens (tertiary/aromatic N) is 5. The van der Waals surface area contributed by atoms with Crippen LogP contribution in [0.4, 0.5) is 11.5 Å². The fourth-order valence-corrected chi connectivity index (χ4v) is 5.07. The summed E-state index contributed by atoms with van der Waals surface area (Å²) < 4.78 is 3.40. The summed E-state index contributed by atoms with van der Waals surface area (Å²) >= 11 is 0. The molecule has 3 N–H and O–H groups in total. The van der Waals surface area contributed by atoms with E-state index in [0.717, 1.165) is 42.6 Å². The molecular formula is C28H32N6O3. The van der Waals surface area contributed by atoms with Gasteiger partial charge in [0.1, 0.15) is 11.2 Å². The topological polar surface area (TPSA) is 119 Å². The smallest absolute Gasteiger partial charge is 0.341 e. The average Bonchev–Trinajstić information content (AvgIpc) is 3.49. The Bertz CT molecular complexity index is 1440. The lowest BCUT2D eigenvalue weighted by Gasteiger charge is -2.32. The minimum atomic E-state index is -1.11. The number of nitrogen functional groups attached to an aromatic ring is 1. The Labute approximate surface area is 215 Å². The van der Waals surface area contributed by atoms with Crippen molar-refractivity contribution in [2.45, 2.75) is 52.5 Å². The number of hydrogen-bond donors (Lipinski definition) is 2. The number of pyridine rings is 1. The van der Waals surface area contributed by atoms with Gasteiger partial charge in [-0.15, -0.1) is 5.10 Å². The van der Waals surface area contributed by atoms with E-state index in [0.29, 0.717) is 17.3 Å². The lowest BCUT2D eigenvalue weighted by Crippen LogP contribution is -2.43. The van der Waals surface area contributed by atoms with Gasteiger partial charge in [-0.1, -0.05) is 19.1 Å². The highest BCUT2D eigenvalue weighted by Crippen LogP contribution is 2.33. The summed E-state index contributed by atoms with van der Waals surface area (Å²) in [5, 5.41) is 14.6. The lowest BCUT2D eigenvalue weighted by molar-refractivity contribution is -0.124. The van der Waals surface area contributed by atoms with E-state index in [4.69, 9.17) is 5.73 Å². The largest absolute Gasteiger partial charge is 0.477 e. The van der Waals surface area contributed by atoms with Crippen molar-refractivity contribution in [1.29, 1.82) is 0 Å². The lowest BCUT2D eigenvalue weighted by atomic mass is 9.82. The van der Waals surface area contributed by atoms with Crippen LogP contribution in [-0.2, 0) is 4.79 Å². The molecule has 3 aromatic heterocycles. The highest BCUT2D eigenvalue weighted by molar-refractivity contribution is 6.01. The number of imidazole rings is 1. The van der Waals surface area contributed by atoms with E-state index in [1.54, 1.807) is 4.90 Å². The summed E-state index contributed by atoms with van der Waals surface area (Å²) in [6.07, 6.45) is 8.87. The van der Waals surface area contributed by atoms with Crippen LogP contribution in [0, 0.1) is 11.8 Å². The van der Waals surface area contributed by atoms with Gasteiger partial charge >= 0.3 is 5.97 Å². The Morgan fingerprint density at radius 1 is 1.03 bits per heavy atom. The molecule has 1 aliphatic carbocycles. The number of aromatic carboxylic acids is 1. The normalized spacial score (nSPS) is 17.8. The summed E-state index contributed by atoms with van der Waals surface area (Å²) in [5.74, 6) is -0.458. The average molecular weight is 501 g/mol. The number of hydrogen-bond acceptors (Lipinski definition) is 5. The van der Waals surface area contributed by atoms with Gasteiger partial charge in [-0.2, -0.15) is 0 Å². The molecule has 0 bridgehead atoms. The van der Waals surface area contributed by atoms with Crippen LogP contribution in [0.15, 0.2) is 55.0 Å². The van der Waals surface area contributed by atoms with Gasteiger partial charge < -0.3 is 15.2 Å². The monoisotopic (exact) mass is 500 g/mol. The highest BCUT2D eigenvalue weighted by atomic mass is 16.4. The predicted octanol–water partition coefficient (Wildman–Crippen LogP) is 5.04. The Balaban J connectivity index is 1.46. The number of carboxylic acids is 1. The van der Waals surface area contributed by atoms with Crippen LogP contribution in [0.25, 0.3) is 22.6 Å². The Hall–Kier alpha value is -4.14. The molecule has 3 heterocycles. The van der Waals surface area contributed by atoms with E-state index < -0.39 is 5.97 Å². The predicted molar refractivity (Wildman–Crippen MR) is 143 cm³/mol.